The van der Waals surface area contributed by atoms with E-state index < -0.39 is 0 Å². The molecule has 2 aromatic carbocycles. The van der Waals surface area contributed by atoms with Gasteiger partial charge in [0, 0.05) is 32.7 Å². The second kappa shape index (κ2) is 12.7. The van der Waals surface area contributed by atoms with Crippen LogP contribution in [0, 0.1) is 6.92 Å². The molecule has 1 N–H and O–H groups in total. The summed E-state index contributed by atoms with van der Waals surface area (Å²) in [5.74, 6) is 0.200. The lowest BCUT2D eigenvalue weighted by Gasteiger charge is -2.48. The number of methoxy groups -OCH3 is 1. The number of rotatable bonds is 7. The van der Waals surface area contributed by atoms with Crippen LogP contribution in [0.5, 0.6) is 0 Å². The summed E-state index contributed by atoms with van der Waals surface area (Å²) in [6.07, 6.45) is 4.38. The van der Waals surface area contributed by atoms with Crippen LogP contribution in [0.4, 0.5) is 4.79 Å². The highest BCUT2D eigenvalue weighted by Crippen LogP contribution is 2.36. The van der Waals surface area contributed by atoms with E-state index >= 15 is 0 Å². The number of nitrogens with one attached hydrogen (secondary N) is 1. The van der Waals surface area contributed by atoms with Crippen LogP contribution in [0.25, 0.3) is 11.1 Å². The molecule has 1 aliphatic carbocycles. The van der Waals surface area contributed by atoms with E-state index in [9.17, 15) is 9.59 Å². The van der Waals surface area contributed by atoms with Crippen molar-refractivity contribution in [1.82, 2.24) is 15.1 Å². The zero-order valence-corrected chi connectivity index (χ0v) is 21.9. The number of amides is 3. The lowest BCUT2D eigenvalue weighted by Crippen LogP contribution is -2.61. The number of urea groups is 1. The molecule has 1 heterocycles. The fraction of sp³-hybridized carbons (Fsp3) is 0.517. The van der Waals surface area contributed by atoms with Crippen molar-refractivity contribution in [3.05, 3.63) is 59.7 Å². The average molecular weight is 480 g/mol. The molecule has 1 aliphatic heterocycles. The molecular formula is C29H41N3O3. The highest BCUT2D eigenvalue weighted by Gasteiger charge is 2.42. The molecule has 0 spiro atoms. The van der Waals surface area contributed by atoms with Gasteiger partial charge >= 0.3 is 6.03 Å². The highest BCUT2D eigenvalue weighted by atomic mass is 16.5. The third-order valence-corrected chi connectivity index (χ3v) is 7.11. The van der Waals surface area contributed by atoms with Crippen LogP contribution in [0.3, 0.4) is 0 Å². The number of likely N-dealkylation sites (tertiary alicyclic amines) is 1. The Bertz CT molecular complexity index is 969. The monoisotopic (exact) mass is 479 g/mol. The highest BCUT2D eigenvalue weighted by molar-refractivity contribution is 5.85. The summed E-state index contributed by atoms with van der Waals surface area (Å²) in [5, 5.41) is 3.04. The summed E-state index contributed by atoms with van der Waals surface area (Å²) in [5.41, 5.74) is 4.90. The number of hydrogen-bond acceptors (Lipinski definition) is 3. The lowest BCUT2D eigenvalue weighted by molar-refractivity contribution is -0.143. The van der Waals surface area contributed by atoms with E-state index in [-0.39, 0.29) is 36.5 Å². The van der Waals surface area contributed by atoms with Gasteiger partial charge in [-0.15, -0.1) is 0 Å². The second-order valence-corrected chi connectivity index (χ2v) is 9.40. The fourth-order valence-electron chi connectivity index (χ4n) is 5.07. The van der Waals surface area contributed by atoms with E-state index in [4.69, 9.17) is 4.74 Å². The SMILES string of the molecule is CC.COCC1C(c2ccc(-c3ccccc3C)cc2)CN1C(=O)CN(C)C(=O)NC1CCCC1. The molecule has 190 valence electrons. The van der Waals surface area contributed by atoms with Gasteiger partial charge in [-0.1, -0.05) is 75.2 Å². The van der Waals surface area contributed by atoms with E-state index in [1.165, 1.54) is 27.2 Å². The van der Waals surface area contributed by atoms with Crippen LogP contribution in [-0.2, 0) is 9.53 Å². The molecule has 2 atom stereocenters. The van der Waals surface area contributed by atoms with Gasteiger partial charge in [0.25, 0.3) is 0 Å². The minimum absolute atomic E-state index is 0.0156. The van der Waals surface area contributed by atoms with Crippen molar-refractivity contribution in [2.45, 2.75) is 64.5 Å². The number of benzene rings is 2. The standard InChI is InChI=1S/C27H35N3O3.C2H6/c1-19-8-4-7-11-23(19)20-12-14-21(15-13-20)24-16-30(25(24)18-33-3)26(31)17-29(2)27(32)28-22-9-5-6-10-22;1-2/h4,7-8,11-15,22,24-25H,5-6,9-10,16-18H2,1-3H3,(H,28,32);1-2H3. The van der Waals surface area contributed by atoms with Gasteiger partial charge in [0.05, 0.1) is 12.6 Å². The van der Waals surface area contributed by atoms with E-state index in [0.717, 1.165) is 25.7 Å². The van der Waals surface area contributed by atoms with Gasteiger partial charge in [0.15, 0.2) is 0 Å². The number of nitrogens with zero attached hydrogens (tertiary/aromatic N) is 2. The van der Waals surface area contributed by atoms with Gasteiger partial charge in [0.1, 0.15) is 6.54 Å². The van der Waals surface area contributed by atoms with Crippen molar-refractivity contribution >= 4 is 11.9 Å². The molecule has 1 saturated carbocycles. The Morgan fingerprint density at radius 1 is 1.06 bits per heavy atom. The molecule has 0 bridgehead atoms. The van der Waals surface area contributed by atoms with Crippen molar-refractivity contribution in [1.29, 1.82) is 0 Å². The minimum atomic E-state index is -0.164. The second-order valence-electron chi connectivity index (χ2n) is 9.40. The van der Waals surface area contributed by atoms with Gasteiger partial charge in [0.2, 0.25) is 5.91 Å². The van der Waals surface area contributed by atoms with E-state index in [1.54, 1.807) is 14.2 Å². The summed E-state index contributed by atoms with van der Waals surface area (Å²) in [7, 11) is 3.36. The predicted octanol–water partition coefficient (Wildman–Crippen LogP) is 5.21. The first-order chi connectivity index (χ1) is 17.0. The third kappa shape index (κ3) is 6.43. The lowest BCUT2D eigenvalue weighted by atomic mass is 9.82. The van der Waals surface area contributed by atoms with Crippen molar-refractivity contribution in [2.75, 3.05) is 33.9 Å². The van der Waals surface area contributed by atoms with Crippen LogP contribution < -0.4 is 5.32 Å². The first kappa shape index (κ1) is 26.7. The Kier molecular flexibility index (Phi) is 9.73. The van der Waals surface area contributed by atoms with Gasteiger partial charge in [-0.3, -0.25) is 4.79 Å². The largest absolute Gasteiger partial charge is 0.383 e. The molecule has 3 amide bonds. The Hall–Kier alpha value is -2.86. The number of aryl methyl sites for hydroxylation is 1. The predicted molar refractivity (Wildman–Crippen MR) is 141 cm³/mol. The van der Waals surface area contributed by atoms with Crippen molar-refractivity contribution < 1.29 is 14.3 Å². The topological polar surface area (TPSA) is 61.9 Å². The molecule has 6 heteroatoms. The number of likely N-dealkylation sites (N-methyl/N-ethyl adjacent to an activating group) is 1. The molecule has 4 rings (SSSR count). The zero-order chi connectivity index (χ0) is 25.4. The van der Waals surface area contributed by atoms with E-state index in [2.05, 4.69) is 60.8 Å². The third-order valence-electron chi connectivity index (χ3n) is 7.11. The van der Waals surface area contributed by atoms with Crippen LogP contribution in [0.2, 0.25) is 0 Å². The normalized spacial score (nSPS) is 19.4. The number of carbonyl (C=O) groups is 2. The molecule has 1 saturated heterocycles. The van der Waals surface area contributed by atoms with Crippen LogP contribution in [-0.4, -0.2) is 67.7 Å². The Morgan fingerprint density at radius 3 is 2.34 bits per heavy atom. The number of hydrogen-bond donors (Lipinski definition) is 1. The summed E-state index contributed by atoms with van der Waals surface area (Å²) in [6, 6.07) is 17.1. The van der Waals surface area contributed by atoms with Crippen molar-refractivity contribution in [3.8, 4) is 11.1 Å². The first-order valence-corrected chi connectivity index (χ1v) is 12.9. The van der Waals surface area contributed by atoms with Gasteiger partial charge in [-0.05, 0) is 42.0 Å². The van der Waals surface area contributed by atoms with E-state index in [0.29, 0.717) is 13.2 Å². The molecule has 2 unspecified atom stereocenters. The maximum Gasteiger partial charge on any atom is 0.317 e. The molecule has 2 aliphatic rings. The fourth-order valence-corrected chi connectivity index (χ4v) is 5.07. The van der Waals surface area contributed by atoms with Crippen LogP contribution in [0.1, 0.15) is 56.6 Å². The summed E-state index contributed by atoms with van der Waals surface area (Å²) >= 11 is 0. The zero-order valence-electron chi connectivity index (χ0n) is 21.9. The minimum Gasteiger partial charge on any atom is -0.383 e. The average Bonchev–Trinajstić information content (AvgIpc) is 3.37. The number of ether oxygens (including phenoxy) is 1. The Morgan fingerprint density at radius 2 is 1.71 bits per heavy atom. The molecule has 2 aromatic rings. The molecular weight excluding hydrogens is 438 g/mol. The van der Waals surface area contributed by atoms with Crippen LogP contribution in [0.15, 0.2) is 48.5 Å². The first-order valence-electron chi connectivity index (χ1n) is 12.9. The molecule has 6 nitrogen and oxygen atoms in total. The quantitative estimate of drug-likeness (QED) is 0.593. The Labute approximate surface area is 210 Å². The molecule has 2 fully saturated rings. The smallest absolute Gasteiger partial charge is 0.317 e. The van der Waals surface area contributed by atoms with E-state index in [1.807, 2.05) is 18.7 Å². The van der Waals surface area contributed by atoms with Gasteiger partial charge in [-0.25, -0.2) is 4.79 Å². The van der Waals surface area contributed by atoms with Gasteiger partial charge < -0.3 is 19.9 Å². The van der Waals surface area contributed by atoms with Crippen LogP contribution >= 0.6 is 0 Å². The van der Waals surface area contributed by atoms with Crippen molar-refractivity contribution in [2.24, 2.45) is 0 Å². The molecule has 35 heavy (non-hydrogen) atoms. The molecule has 0 aromatic heterocycles. The number of carbonyl (C=O) groups excluding carboxylic acids is 2. The van der Waals surface area contributed by atoms with Gasteiger partial charge in [-0.2, -0.15) is 0 Å². The maximum absolute atomic E-state index is 13.0. The summed E-state index contributed by atoms with van der Waals surface area (Å²) in [6.45, 7) is 7.33. The molecule has 0 radical (unpaired) electrons. The Balaban J connectivity index is 0.00000167. The summed E-state index contributed by atoms with van der Waals surface area (Å²) in [4.78, 5) is 28.8. The van der Waals surface area contributed by atoms with Crippen molar-refractivity contribution in [3.63, 3.8) is 0 Å². The summed E-state index contributed by atoms with van der Waals surface area (Å²) < 4.78 is 5.44. The maximum atomic E-state index is 13.0.